The van der Waals surface area contributed by atoms with Crippen LogP contribution < -0.4 is 5.32 Å². The number of hydrogen-bond acceptors (Lipinski definition) is 3. The molecule has 2 rings (SSSR count). The van der Waals surface area contributed by atoms with Gasteiger partial charge in [0.15, 0.2) is 0 Å². The first-order valence-corrected chi connectivity index (χ1v) is 6.50. The number of hydrogen-bond donors (Lipinski definition) is 2. The average Bonchev–Trinajstić information content (AvgIpc) is 2.83. The van der Waals surface area contributed by atoms with Gasteiger partial charge in [-0.15, -0.1) is 0 Å². The predicted octanol–water partition coefficient (Wildman–Crippen LogP) is 1.25. The molecule has 1 amide bonds. The zero-order valence-electron chi connectivity index (χ0n) is 10.7. The van der Waals surface area contributed by atoms with E-state index in [1.165, 1.54) is 5.56 Å². The van der Waals surface area contributed by atoms with E-state index in [4.69, 9.17) is 5.11 Å². The Hall–Kier alpha value is -1.55. The van der Waals surface area contributed by atoms with E-state index in [1.807, 2.05) is 25.1 Å². The Labute approximate surface area is 108 Å². The molecule has 2 N–H and O–H groups in total. The van der Waals surface area contributed by atoms with Crippen LogP contribution >= 0.6 is 0 Å². The first-order chi connectivity index (χ1) is 8.76. The molecule has 0 saturated heterocycles. The molecule has 4 nitrogen and oxygen atoms in total. The van der Waals surface area contributed by atoms with Gasteiger partial charge in [0.25, 0.3) is 0 Å². The van der Waals surface area contributed by atoms with Crippen molar-refractivity contribution < 1.29 is 9.90 Å². The van der Waals surface area contributed by atoms with Crippen molar-refractivity contribution in [3.63, 3.8) is 0 Å². The van der Waals surface area contributed by atoms with Crippen LogP contribution in [-0.2, 0) is 11.2 Å². The maximum absolute atomic E-state index is 12.3. The first-order valence-electron chi connectivity index (χ1n) is 6.50. The summed E-state index contributed by atoms with van der Waals surface area (Å²) in [6.07, 6.45) is 1.39. The standard InChI is InChI=1S/C14H20N2O2/c1-2-16(8-5-9-17)14(18)13-10-11-6-3-4-7-12(11)15-13/h3-4,6-7,13,15,17H,2,5,8-10H2,1H3/t13-/m0/s1. The molecule has 1 aliphatic heterocycles. The SMILES string of the molecule is CCN(CCCO)C(=O)[C@@H]1Cc2ccccc2N1. The van der Waals surface area contributed by atoms with E-state index >= 15 is 0 Å². The highest BCUT2D eigenvalue weighted by Gasteiger charge is 2.29. The second-order valence-corrected chi connectivity index (χ2v) is 4.55. The number of likely N-dealkylation sites (N-methyl/N-ethyl adjacent to an activating group) is 1. The minimum Gasteiger partial charge on any atom is -0.396 e. The molecule has 1 atom stereocenters. The topological polar surface area (TPSA) is 52.6 Å². The van der Waals surface area contributed by atoms with Gasteiger partial charge in [0, 0.05) is 31.8 Å². The fraction of sp³-hybridized carbons (Fsp3) is 0.500. The Kier molecular flexibility index (Phi) is 4.20. The van der Waals surface area contributed by atoms with Crippen LogP contribution in [0.3, 0.4) is 0 Å². The average molecular weight is 248 g/mol. The Morgan fingerprint density at radius 1 is 1.50 bits per heavy atom. The molecule has 1 aliphatic rings. The van der Waals surface area contributed by atoms with Gasteiger partial charge in [-0.1, -0.05) is 18.2 Å². The minimum absolute atomic E-state index is 0.127. The number of fused-ring (bicyclic) bond motifs is 1. The van der Waals surface area contributed by atoms with E-state index in [2.05, 4.69) is 11.4 Å². The highest BCUT2D eigenvalue weighted by molar-refractivity contribution is 5.87. The molecular formula is C14H20N2O2. The van der Waals surface area contributed by atoms with Gasteiger partial charge in [-0.05, 0) is 25.0 Å². The molecule has 0 aromatic heterocycles. The van der Waals surface area contributed by atoms with Gasteiger partial charge in [0.1, 0.15) is 6.04 Å². The van der Waals surface area contributed by atoms with Crippen molar-refractivity contribution in [2.45, 2.75) is 25.8 Å². The number of aliphatic hydroxyl groups is 1. The molecule has 0 fully saturated rings. The van der Waals surface area contributed by atoms with Crippen LogP contribution in [0.5, 0.6) is 0 Å². The van der Waals surface area contributed by atoms with Crippen LogP contribution in [0.15, 0.2) is 24.3 Å². The van der Waals surface area contributed by atoms with Crippen LogP contribution in [0.1, 0.15) is 18.9 Å². The van der Waals surface area contributed by atoms with Crippen molar-refractivity contribution in [3.05, 3.63) is 29.8 Å². The number of carbonyl (C=O) groups is 1. The Bertz CT molecular complexity index is 395. The molecular weight excluding hydrogens is 228 g/mol. The van der Waals surface area contributed by atoms with Crippen molar-refractivity contribution in [2.24, 2.45) is 0 Å². The lowest BCUT2D eigenvalue weighted by molar-refractivity contribution is -0.131. The van der Waals surface area contributed by atoms with E-state index in [9.17, 15) is 4.79 Å². The normalized spacial score (nSPS) is 17.1. The highest BCUT2D eigenvalue weighted by atomic mass is 16.3. The summed E-state index contributed by atoms with van der Waals surface area (Å²) in [5.74, 6) is 0.127. The summed E-state index contributed by atoms with van der Waals surface area (Å²) in [4.78, 5) is 14.1. The molecule has 18 heavy (non-hydrogen) atoms. The van der Waals surface area contributed by atoms with Gasteiger partial charge in [-0.25, -0.2) is 0 Å². The summed E-state index contributed by atoms with van der Waals surface area (Å²) in [6.45, 7) is 3.41. The Morgan fingerprint density at radius 3 is 2.94 bits per heavy atom. The molecule has 0 aliphatic carbocycles. The summed E-state index contributed by atoms with van der Waals surface area (Å²) in [7, 11) is 0. The predicted molar refractivity (Wildman–Crippen MR) is 71.5 cm³/mol. The molecule has 1 aromatic carbocycles. The Balaban J connectivity index is 1.99. The highest BCUT2D eigenvalue weighted by Crippen LogP contribution is 2.25. The fourth-order valence-corrected chi connectivity index (χ4v) is 2.35. The summed E-state index contributed by atoms with van der Waals surface area (Å²) < 4.78 is 0. The molecule has 0 bridgehead atoms. The first kappa shape index (κ1) is 12.9. The molecule has 0 saturated carbocycles. The minimum atomic E-state index is -0.152. The second kappa shape index (κ2) is 5.87. The lowest BCUT2D eigenvalue weighted by Crippen LogP contribution is -2.42. The quantitative estimate of drug-likeness (QED) is 0.824. The largest absolute Gasteiger partial charge is 0.396 e. The van der Waals surface area contributed by atoms with E-state index in [1.54, 1.807) is 4.90 Å². The van der Waals surface area contributed by atoms with Crippen LogP contribution in [0, 0.1) is 0 Å². The third kappa shape index (κ3) is 2.64. The van der Waals surface area contributed by atoms with Crippen molar-refractivity contribution in [3.8, 4) is 0 Å². The fourth-order valence-electron chi connectivity index (χ4n) is 2.35. The molecule has 0 spiro atoms. The number of aliphatic hydroxyl groups excluding tert-OH is 1. The van der Waals surface area contributed by atoms with Crippen molar-refractivity contribution in [2.75, 3.05) is 25.0 Å². The number of nitrogens with zero attached hydrogens (tertiary/aromatic N) is 1. The van der Waals surface area contributed by atoms with E-state index in [0.29, 0.717) is 19.5 Å². The zero-order chi connectivity index (χ0) is 13.0. The summed E-state index contributed by atoms with van der Waals surface area (Å²) in [5, 5.41) is 12.1. The smallest absolute Gasteiger partial charge is 0.245 e. The maximum atomic E-state index is 12.3. The van der Waals surface area contributed by atoms with E-state index in [0.717, 1.165) is 12.1 Å². The van der Waals surface area contributed by atoms with Crippen LogP contribution in [0.4, 0.5) is 5.69 Å². The number of benzene rings is 1. The number of para-hydroxylation sites is 1. The number of nitrogens with one attached hydrogen (secondary N) is 1. The molecule has 98 valence electrons. The molecule has 1 aromatic rings. The molecule has 0 unspecified atom stereocenters. The molecule has 4 heteroatoms. The van der Waals surface area contributed by atoms with Crippen LogP contribution in [-0.4, -0.2) is 41.7 Å². The van der Waals surface area contributed by atoms with E-state index in [-0.39, 0.29) is 18.6 Å². The molecule has 0 radical (unpaired) electrons. The summed E-state index contributed by atoms with van der Waals surface area (Å²) in [5.41, 5.74) is 2.27. The van der Waals surface area contributed by atoms with Crippen LogP contribution in [0.2, 0.25) is 0 Å². The number of carbonyl (C=O) groups excluding carboxylic acids is 1. The van der Waals surface area contributed by atoms with Gasteiger partial charge in [0.2, 0.25) is 5.91 Å². The lowest BCUT2D eigenvalue weighted by atomic mass is 10.1. The maximum Gasteiger partial charge on any atom is 0.245 e. The number of rotatable bonds is 5. The van der Waals surface area contributed by atoms with Gasteiger partial charge in [-0.3, -0.25) is 4.79 Å². The summed E-state index contributed by atoms with van der Waals surface area (Å²) >= 11 is 0. The zero-order valence-corrected chi connectivity index (χ0v) is 10.7. The van der Waals surface area contributed by atoms with Gasteiger partial charge in [-0.2, -0.15) is 0 Å². The lowest BCUT2D eigenvalue weighted by Gasteiger charge is -2.24. The Morgan fingerprint density at radius 2 is 2.28 bits per heavy atom. The monoisotopic (exact) mass is 248 g/mol. The van der Waals surface area contributed by atoms with Crippen LogP contribution in [0.25, 0.3) is 0 Å². The third-order valence-corrected chi connectivity index (χ3v) is 3.35. The summed E-state index contributed by atoms with van der Waals surface area (Å²) in [6, 6.07) is 7.88. The van der Waals surface area contributed by atoms with E-state index < -0.39 is 0 Å². The third-order valence-electron chi connectivity index (χ3n) is 3.35. The van der Waals surface area contributed by atoms with Crippen molar-refractivity contribution >= 4 is 11.6 Å². The van der Waals surface area contributed by atoms with Gasteiger partial charge < -0.3 is 15.3 Å². The number of anilines is 1. The van der Waals surface area contributed by atoms with Gasteiger partial charge in [0.05, 0.1) is 0 Å². The van der Waals surface area contributed by atoms with Crippen molar-refractivity contribution in [1.82, 2.24) is 4.90 Å². The molecule has 1 heterocycles. The second-order valence-electron chi connectivity index (χ2n) is 4.55. The number of amides is 1. The van der Waals surface area contributed by atoms with Crippen molar-refractivity contribution in [1.29, 1.82) is 0 Å². The van der Waals surface area contributed by atoms with Gasteiger partial charge >= 0.3 is 0 Å².